The van der Waals surface area contributed by atoms with E-state index < -0.39 is 5.60 Å². The van der Waals surface area contributed by atoms with Crippen LogP contribution in [0.1, 0.15) is 32.6 Å². The van der Waals surface area contributed by atoms with Crippen molar-refractivity contribution in [2.45, 2.75) is 44.8 Å². The standard InChI is InChI=1S/C13H21N3O2/c1-3-16-9-8-14-11(12(16)17)15(2)10-13(18)6-4-5-7-13/h8-9,18H,3-7,10H2,1-2H3. The Hall–Kier alpha value is -1.36. The lowest BCUT2D eigenvalue weighted by atomic mass is 10.0. The van der Waals surface area contributed by atoms with Gasteiger partial charge in [-0.2, -0.15) is 0 Å². The minimum atomic E-state index is -0.657. The van der Waals surface area contributed by atoms with Crippen molar-refractivity contribution in [1.82, 2.24) is 9.55 Å². The number of nitrogens with zero attached hydrogens (tertiary/aromatic N) is 3. The SMILES string of the molecule is CCn1ccnc(N(C)CC2(O)CCCC2)c1=O. The van der Waals surface area contributed by atoms with Crippen LogP contribution in [0.2, 0.25) is 0 Å². The fourth-order valence-corrected chi connectivity index (χ4v) is 2.65. The van der Waals surface area contributed by atoms with Gasteiger partial charge in [-0.1, -0.05) is 12.8 Å². The van der Waals surface area contributed by atoms with E-state index in [2.05, 4.69) is 4.98 Å². The number of aliphatic hydroxyl groups is 1. The van der Waals surface area contributed by atoms with Gasteiger partial charge in [0.1, 0.15) is 0 Å². The average molecular weight is 251 g/mol. The number of aryl methyl sites for hydroxylation is 1. The van der Waals surface area contributed by atoms with Crippen molar-refractivity contribution in [3.63, 3.8) is 0 Å². The van der Waals surface area contributed by atoms with Crippen LogP contribution in [0.25, 0.3) is 0 Å². The maximum absolute atomic E-state index is 12.1. The molecule has 0 atom stereocenters. The van der Waals surface area contributed by atoms with Gasteiger partial charge in [0.15, 0.2) is 5.82 Å². The zero-order valence-corrected chi connectivity index (χ0v) is 11.1. The van der Waals surface area contributed by atoms with E-state index >= 15 is 0 Å². The summed E-state index contributed by atoms with van der Waals surface area (Å²) in [7, 11) is 1.82. The molecule has 1 aliphatic rings. The summed E-state index contributed by atoms with van der Waals surface area (Å²) in [6, 6.07) is 0. The normalized spacial score (nSPS) is 17.9. The molecule has 0 amide bonds. The molecule has 0 spiro atoms. The smallest absolute Gasteiger partial charge is 0.293 e. The molecule has 1 heterocycles. The molecule has 5 heteroatoms. The maximum Gasteiger partial charge on any atom is 0.293 e. The molecule has 18 heavy (non-hydrogen) atoms. The summed E-state index contributed by atoms with van der Waals surface area (Å²) in [6.07, 6.45) is 7.06. The van der Waals surface area contributed by atoms with Gasteiger partial charge in [0.2, 0.25) is 0 Å². The first-order chi connectivity index (χ1) is 8.56. The summed E-state index contributed by atoms with van der Waals surface area (Å²) in [4.78, 5) is 18.0. The molecule has 1 aliphatic carbocycles. The third-order valence-corrected chi connectivity index (χ3v) is 3.66. The van der Waals surface area contributed by atoms with Crippen molar-refractivity contribution in [3.05, 3.63) is 22.7 Å². The Morgan fingerprint density at radius 2 is 2.17 bits per heavy atom. The van der Waals surface area contributed by atoms with E-state index in [1.807, 2.05) is 14.0 Å². The van der Waals surface area contributed by atoms with Crippen molar-refractivity contribution >= 4 is 5.82 Å². The van der Waals surface area contributed by atoms with Crippen LogP contribution in [0.15, 0.2) is 17.2 Å². The molecule has 0 radical (unpaired) electrons. The largest absolute Gasteiger partial charge is 0.388 e. The monoisotopic (exact) mass is 251 g/mol. The maximum atomic E-state index is 12.1. The molecule has 1 fully saturated rings. The molecule has 1 saturated carbocycles. The van der Waals surface area contributed by atoms with Crippen molar-refractivity contribution < 1.29 is 5.11 Å². The van der Waals surface area contributed by atoms with Gasteiger partial charge in [0.05, 0.1) is 5.60 Å². The van der Waals surface area contributed by atoms with E-state index in [0.29, 0.717) is 18.9 Å². The van der Waals surface area contributed by atoms with E-state index in [1.165, 1.54) is 0 Å². The second-order valence-electron chi connectivity index (χ2n) is 5.13. The Morgan fingerprint density at radius 1 is 1.50 bits per heavy atom. The van der Waals surface area contributed by atoms with Crippen molar-refractivity contribution in [2.24, 2.45) is 0 Å². The fraction of sp³-hybridized carbons (Fsp3) is 0.692. The summed E-state index contributed by atoms with van der Waals surface area (Å²) in [6.45, 7) is 3.03. The first kappa shape index (κ1) is 13.1. The predicted octanol–water partition coefficient (Wildman–Crippen LogP) is 1.00. The first-order valence-corrected chi connectivity index (χ1v) is 6.55. The summed E-state index contributed by atoms with van der Waals surface area (Å²) in [5.41, 5.74) is -0.750. The molecule has 0 bridgehead atoms. The highest BCUT2D eigenvalue weighted by Crippen LogP contribution is 2.30. The zero-order chi connectivity index (χ0) is 13.2. The summed E-state index contributed by atoms with van der Waals surface area (Å²) >= 11 is 0. The Morgan fingerprint density at radius 3 is 2.78 bits per heavy atom. The quantitative estimate of drug-likeness (QED) is 0.867. The highest BCUT2D eigenvalue weighted by molar-refractivity contribution is 5.35. The van der Waals surface area contributed by atoms with Crippen LogP contribution in [0.5, 0.6) is 0 Å². The highest BCUT2D eigenvalue weighted by Gasteiger charge is 2.33. The summed E-state index contributed by atoms with van der Waals surface area (Å²) in [5, 5.41) is 10.4. The van der Waals surface area contributed by atoms with E-state index in [0.717, 1.165) is 25.7 Å². The first-order valence-electron chi connectivity index (χ1n) is 6.55. The van der Waals surface area contributed by atoms with Gasteiger partial charge >= 0.3 is 0 Å². The topological polar surface area (TPSA) is 58.4 Å². The van der Waals surface area contributed by atoms with Crippen molar-refractivity contribution in [2.75, 3.05) is 18.5 Å². The highest BCUT2D eigenvalue weighted by atomic mass is 16.3. The molecule has 1 aromatic rings. The summed E-state index contributed by atoms with van der Waals surface area (Å²) in [5.74, 6) is 0.416. The molecular weight excluding hydrogens is 230 g/mol. The Kier molecular flexibility index (Phi) is 3.71. The lowest BCUT2D eigenvalue weighted by molar-refractivity contribution is 0.0557. The number of likely N-dealkylation sites (N-methyl/N-ethyl adjacent to an activating group) is 1. The van der Waals surface area contributed by atoms with Crippen LogP contribution in [0.3, 0.4) is 0 Å². The molecule has 0 unspecified atom stereocenters. The van der Waals surface area contributed by atoms with Crippen molar-refractivity contribution in [1.29, 1.82) is 0 Å². The fourth-order valence-electron chi connectivity index (χ4n) is 2.65. The third-order valence-electron chi connectivity index (χ3n) is 3.66. The molecular formula is C13H21N3O2. The second kappa shape index (κ2) is 5.10. The van der Waals surface area contributed by atoms with Crippen LogP contribution in [0, 0.1) is 0 Å². The lowest BCUT2D eigenvalue weighted by Gasteiger charge is -2.28. The van der Waals surface area contributed by atoms with Crippen LogP contribution in [-0.2, 0) is 6.54 Å². The molecule has 0 aromatic carbocycles. The molecule has 1 aromatic heterocycles. The van der Waals surface area contributed by atoms with E-state index in [4.69, 9.17) is 0 Å². The molecule has 100 valence electrons. The lowest BCUT2D eigenvalue weighted by Crippen LogP contribution is -2.42. The predicted molar refractivity (Wildman–Crippen MR) is 70.9 cm³/mol. The van der Waals surface area contributed by atoms with Crippen LogP contribution < -0.4 is 10.5 Å². The van der Waals surface area contributed by atoms with Gasteiger partial charge in [-0.25, -0.2) is 4.98 Å². The Balaban J connectivity index is 2.18. The van der Waals surface area contributed by atoms with Gasteiger partial charge in [-0.15, -0.1) is 0 Å². The molecule has 2 rings (SSSR count). The second-order valence-corrected chi connectivity index (χ2v) is 5.13. The molecule has 1 N–H and O–H groups in total. The summed E-state index contributed by atoms with van der Waals surface area (Å²) < 4.78 is 1.62. The van der Waals surface area contributed by atoms with Gasteiger partial charge in [0.25, 0.3) is 5.56 Å². The molecule has 0 aliphatic heterocycles. The van der Waals surface area contributed by atoms with Crippen LogP contribution in [-0.4, -0.2) is 33.9 Å². The Bertz CT molecular complexity index is 464. The van der Waals surface area contributed by atoms with Gasteiger partial charge in [-0.05, 0) is 19.8 Å². The molecule has 0 saturated heterocycles. The number of rotatable bonds is 4. The number of hydrogen-bond donors (Lipinski definition) is 1. The number of aromatic nitrogens is 2. The van der Waals surface area contributed by atoms with Crippen molar-refractivity contribution in [3.8, 4) is 0 Å². The number of anilines is 1. The van der Waals surface area contributed by atoms with E-state index in [-0.39, 0.29) is 5.56 Å². The van der Waals surface area contributed by atoms with Gasteiger partial charge in [0, 0.05) is 32.5 Å². The van der Waals surface area contributed by atoms with Crippen LogP contribution >= 0.6 is 0 Å². The zero-order valence-electron chi connectivity index (χ0n) is 11.1. The third kappa shape index (κ3) is 2.56. The minimum Gasteiger partial charge on any atom is -0.388 e. The number of hydrogen-bond acceptors (Lipinski definition) is 4. The van der Waals surface area contributed by atoms with Gasteiger partial charge < -0.3 is 14.6 Å². The van der Waals surface area contributed by atoms with E-state index in [9.17, 15) is 9.90 Å². The van der Waals surface area contributed by atoms with Crippen LogP contribution in [0.4, 0.5) is 5.82 Å². The van der Waals surface area contributed by atoms with E-state index in [1.54, 1.807) is 21.9 Å². The Labute approximate surface area is 107 Å². The minimum absolute atomic E-state index is 0.0934. The molecule has 5 nitrogen and oxygen atoms in total. The van der Waals surface area contributed by atoms with Gasteiger partial charge in [-0.3, -0.25) is 4.79 Å². The average Bonchev–Trinajstić information content (AvgIpc) is 2.76.